The molecule has 3 nitrogen and oxygen atoms in total. The molecule has 1 unspecified atom stereocenters. The van der Waals surface area contributed by atoms with Crippen molar-refractivity contribution in [1.29, 1.82) is 0 Å². The third-order valence-electron chi connectivity index (χ3n) is 6.85. The van der Waals surface area contributed by atoms with Crippen molar-refractivity contribution in [1.82, 2.24) is 4.90 Å². The van der Waals surface area contributed by atoms with Gasteiger partial charge < -0.3 is 5.11 Å². The highest BCUT2D eigenvalue weighted by Crippen LogP contribution is 2.38. The summed E-state index contributed by atoms with van der Waals surface area (Å²) in [6.07, 6.45) is 16.0. The number of aliphatic imine (C=N–C) groups is 1. The standard InChI is InChI=1S/C24H36N2O/c27-18-20(16-19-10-4-1-5-11-19)25-23-17-24(23)26(21-12-6-2-7-13-21)22-14-8-3-9-15-22/h1,4-5,10-11,20-22,24,27H,2-3,6-9,12-18H2/t20-,24?/m0/s1. The molecule has 0 aromatic heterocycles. The summed E-state index contributed by atoms with van der Waals surface area (Å²) in [6.45, 7) is 0.151. The van der Waals surface area contributed by atoms with E-state index in [1.807, 2.05) is 6.07 Å². The molecule has 0 bridgehead atoms. The Morgan fingerprint density at radius 3 is 2.04 bits per heavy atom. The SMILES string of the molecule is OC[C@H](Cc1ccccc1)N=C1CC1N(C1CCCCC1)C1CCCCC1. The van der Waals surface area contributed by atoms with Crippen molar-refractivity contribution in [3.63, 3.8) is 0 Å². The van der Waals surface area contributed by atoms with Crippen LogP contribution in [-0.2, 0) is 6.42 Å². The molecule has 148 valence electrons. The second-order valence-electron chi connectivity index (χ2n) is 8.90. The van der Waals surface area contributed by atoms with Crippen LogP contribution in [0.2, 0.25) is 0 Å². The quantitative estimate of drug-likeness (QED) is 0.752. The lowest BCUT2D eigenvalue weighted by molar-refractivity contribution is 0.0796. The van der Waals surface area contributed by atoms with Gasteiger partial charge in [-0.25, -0.2) is 0 Å². The van der Waals surface area contributed by atoms with E-state index in [2.05, 4.69) is 29.2 Å². The summed E-state index contributed by atoms with van der Waals surface area (Å²) in [5.74, 6) is 0. The molecular formula is C24H36N2O. The zero-order valence-electron chi connectivity index (χ0n) is 16.7. The Kier molecular flexibility index (Phi) is 6.62. The highest BCUT2D eigenvalue weighted by Gasteiger charge is 2.44. The lowest BCUT2D eigenvalue weighted by Crippen LogP contribution is -2.47. The van der Waals surface area contributed by atoms with Gasteiger partial charge in [0.25, 0.3) is 0 Å². The molecule has 3 heteroatoms. The fourth-order valence-corrected chi connectivity index (χ4v) is 5.39. The Balaban J connectivity index is 1.44. The minimum atomic E-state index is 0.0203. The van der Waals surface area contributed by atoms with Crippen molar-refractivity contribution >= 4 is 5.71 Å². The van der Waals surface area contributed by atoms with Gasteiger partial charge in [-0.3, -0.25) is 9.89 Å². The highest BCUT2D eigenvalue weighted by atomic mass is 16.3. The second-order valence-corrected chi connectivity index (χ2v) is 8.90. The number of aliphatic hydroxyl groups excluding tert-OH is 1. The van der Waals surface area contributed by atoms with Gasteiger partial charge in [0, 0.05) is 24.2 Å². The third-order valence-corrected chi connectivity index (χ3v) is 6.85. The predicted molar refractivity (Wildman–Crippen MR) is 112 cm³/mol. The first-order valence-corrected chi connectivity index (χ1v) is 11.3. The van der Waals surface area contributed by atoms with E-state index in [-0.39, 0.29) is 12.6 Å². The van der Waals surface area contributed by atoms with Gasteiger partial charge in [0.05, 0.1) is 18.7 Å². The molecular weight excluding hydrogens is 332 g/mol. The minimum absolute atomic E-state index is 0.0203. The molecule has 1 aromatic rings. The molecule has 0 spiro atoms. The average Bonchev–Trinajstić information content (AvgIpc) is 3.48. The average molecular weight is 369 g/mol. The van der Waals surface area contributed by atoms with Gasteiger partial charge in [-0.15, -0.1) is 0 Å². The van der Waals surface area contributed by atoms with Gasteiger partial charge in [0.1, 0.15) is 0 Å². The normalized spacial score (nSPS) is 27.2. The summed E-state index contributed by atoms with van der Waals surface area (Å²) in [6, 6.07) is 12.6. The van der Waals surface area contributed by atoms with Gasteiger partial charge in [-0.1, -0.05) is 68.9 Å². The zero-order chi connectivity index (χ0) is 18.5. The van der Waals surface area contributed by atoms with E-state index >= 15 is 0 Å². The Labute approximate surface area is 164 Å². The van der Waals surface area contributed by atoms with Crippen LogP contribution in [0, 0.1) is 0 Å². The van der Waals surface area contributed by atoms with Crippen molar-refractivity contribution in [3.05, 3.63) is 35.9 Å². The molecule has 0 radical (unpaired) electrons. The van der Waals surface area contributed by atoms with Gasteiger partial charge in [-0.2, -0.15) is 0 Å². The summed E-state index contributed by atoms with van der Waals surface area (Å²) < 4.78 is 0. The number of hydrogen-bond acceptors (Lipinski definition) is 3. The van der Waals surface area contributed by atoms with Gasteiger partial charge >= 0.3 is 0 Å². The molecule has 0 saturated heterocycles. The van der Waals surface area contributed by atoms with Gasteiger partial charge in [0.15, 0.2) is 0 Å². The Hall–Kier alpha value is -1.19. The number of nitrogens with zero attached hydrogens (tertiary/aromatic N) is 2. The Bertz CT molecular complexity index is 584. The fourth-order valence-electron chi connectivity index (χ4n) is 5.39. The molecule has 3 aliphatic carbocycles. The molecule has 0 heterocycles. The first kappa shape index (κ1) is 19.1. The number of aliphatic hydroxyl groups is 1. The molecule has 3 saturated carbocycles. The topological polar surface area (TPSA) is 35.8 Å². The molecule has 2 atom stereocenters. The molecule has 0 amide bonds. The number of benzene rings is 1. The zero-order valence-corrected chi connectivity index (χ0v) is 16.7. The lowest BCUT2D eigenvalue weighted by Gasteiger charge is -2.41. The van der Waals surface area contributed by atoms with Crippen LogP contribution in [0.5, 0.6) is 0 Å². The van der Waals surface area contributed by atoms with E-state index in [9.17, 15) is 5.11 Å². The van der Waals surface area contributed by atoms with Crippen molar-refractivity contribution in [2.45, 2.75) is 101 Å². The van der Waals surface area contributed by atoms with E-state index in [4.69, 9.17) is 4.99 Å². The summed E-state index contributed by atoms with van der Waals surface area (Å²) in [4.78, 5) is 7.92. The molecule has 27 heavy (non-hydrogen) atoms. The first-order valence-electron chi connectivity index (χ1n) is 11.3. The van der Waals surface area contributed by atoms with Gasteiger partial charge in [-0.05, 0) is 37.7 Å². The molecule has 3 aliphatic rings. The van der Waals surface area contributed by atoms with E-state index in [1.54, 1.807) is 0 Å². The Morgan fingerprint density at radius 2 is 1.48 bits per heavy atom. The molecule has 0 aliphatic heterocycles. The van der Waals surface area contributed by atoms with Crippen LogP contribution in [-0.4, -0.2) is 46.5 Å². The molecule has 1 N–H and O–H groups in total. The van der Waals surface area contributed by atoms with Crippen LogP contribution in [0.4, 0.5) is 0 Å². The summed E-state index contributed by atoms with van der Waals surface area (Å²) in [5, 5.41) is 9.87. The second kappa shape index (κ2) is 9.34. The monoisotopic (exact) mass is 368 g/mol. The van der Waals surface area contributed by atoms with E-state index < -0.39 is 0 Å². The summed E-state index contributed by atoms with van der Waals surface area (Å²) in [7, 11) is 0. The number of hydrogen-bond donors (Lipinski definition) is 1. The largest absolute Gasteiger partial charge is 0.394 e. The van der Waals surface area contributed by atoms with Crippen LogP contribution in [0.25, 0.3) is 0 Å². The highest BCUT2D eigenvalue weighted by molar-refractivity contribution is 6.05. The lowest BCUT2D eigenvalue weighted by atomic mass is 9.88. The predicted octanol–water partition coefficient (Wildman–Crippen LogP) is 4.77. The third kappa shape index (κ3) is 5.00. The number of rotatable bonds is 7. The van der Waals surface area contributed by atoms with Crippen molar-refractivity contribution in [2.75, 3.05) is 6.61 Å². The summed E-state index contributed by atoms with van der Waals surface area (Å²) in [5.41, 5.74) is 2.63. The van der Waals surface area contributed by atoms with Crippen LogP contribution < -0.4 is 0 Å². The maximum Gasteiger partial charge on any atom is 0.0770 e. The summed E-state index contributed by atoms with van der Waals surface area (Å²) >= 11 is 0. The van der Waals surface area contributed by atoms with Gasteiger partial charge in [0.2, 0.25) is 0 Å². The van der Waals surface area contributed by atoms with Crippen LogP contribution in [0.1, 0.15) is 76.2 Å². The minimum Gasteiger partial charge on any atom is -0.394 e. The molecule has 3 fully saturated rings. The maximum atomic E-state index is 9.87. The van der Waals surface area contributed by atoms with E-state index in [0.717, 1.165) is 24.9 Å². The molecule has 4 rings (SSSR count). The fraction of sp³-hybridized carbons (Fsp3) is 0.708. The molecule has 1 aromatic carbocycles. The van der Waals surface area contributed by atoms with Crippen LogP contribution in [0.3, 0.4) is 0 Å². The van der Waals surface area contributed by atoms with E-state index in [0.29, 0.717) is 6.04 Å². The van der Waals surface area contributed by atoms with Crippen LogP contribution >= 0.6 is 0 Å². The maximum absolute atomic E-state index is 9.87. The smallest absolute Gasteiger partial charge is 0.0770 e. The van der Waals surface area contributed by atoms with E-state index in [1.165, 1.54) is 75.5 Å². The van der Waals surface area contributed by atoms with Crippen molar-refractivity contribution in [3.8, 4) is 0 Å². The van der Waals surface area contributed by atoms with Crippen molar-refractivity contribution < 1.29 is 5.11 Å². The van der Waals surface area contributed by atoms with Crippen LogP contribution in [0.15, 0.2) is 35.3 Å². The first-order chi connectivity index (χ1) is 13.3. The Morgan fingerprint density at radius 1 is 0.889 bits per heavy atom. The van der Waals surface area contributed by atoms with Crippen molar-refractivity contribution in [2.24, 2.45) is 4.99 Å².